The number of aliphatic imine (C=N–C) groups is 1. The zero-order valence-corrected chi connectivity index (χ0v) is 11.1. The number of amides is 3. The molecule has 18 heavy (non-hydrogen) atoms. The Morgan fingerprint density at radius 1 is 1.39 bits per heavy atom. The maximum Gasteiger partial charge on any atom is 0.346 e. The molecule has 2 aliphatic rings. The first-order chi connectivity index (χ1) is 8.38. The highest BCUT2D eigenvalue weighted by Crippen LogP contribution is 2.35. The van der Waals surface area contributed by atoms with Crippen molar-refractivity contribution < 1.29 is 9.59 Å². The molecule has 1 spiro atoms. The number of likely N-dealkylation sites (tertiary alicyclic amines) is 1. The number of nitrogens with zero attached hydrogens (tertiary/aromatic N) is 3. The molecule has 100 valence electrons. The van der Waals surface area contributed by atoms with Gasteiger partial charge < -0.3 is 15.5 Å². The van der Waals surface area contributed by atoms with Gasteiger partial charge in [-0.25, -0.2) is 4.79 Å². The molecule has 0 atom stereocenters. The molecule has 0 aromatic carbocycles. The summed E-state index contributed by atoms with van der Waals surface area (Å²) in [5.74, 6) is 0.477. The van der Waals surface area contributed by atoms with Crippen LogP contribution in [0.15, 0.2) is 4.99 Å². The highest BCUT2D eigenvalue weighted by atomic mass is 16.2. The van der Waals surface area contributed by atoms with Crippen molar-refractivity contribution in [1.82, 2.24) is 9.80 Å². The van der Waals surface area contributed by atoms with Crippen molar-refractivity contribution in [3.8, 4) is 0 Å². The van der Waals surface area contributed by atoms with Crippen molar-refractivity contribution in [3.63, 3.8) is 0 Å². The number of nitrogens with two attached hydrogens (primary N) is 1. The first-order valence-corrected chi connectivity index (χ1v) is 6.32. The molecule has 0 unspecified atom stereocenters. The molecule has 1 fully saturated rings. The molecule has 2 rings (SSSR count). The van der Waals surface area contributed by atoms with E-state index in [1.165, 1.54) is 0 Å². The maximum atomic E-state index is 11.9. The van der Waals surface area contributed by atoms with E-state index in [9.17, 15) is 9.59 Å². The fourth-order valence-electron chi connectivity index (χ4n) is 2.97. The van der Waals surface area contributed by atoms with Gasteiger partial charge in [0.2, 0.25) is 5.91 Å². The van der Waals surface area contributed by atoms with E-state index in [0.29, 0.717) is 31.8 Å². The van der Waals surface area contributed by atoms with Crippen LogP contribution < -0.4 is 5.73 Å². The van der Waals surface area contributed by atoms with Gasteiger partial charge in [-0.15, -0.1) is 0 Å². The minimum Gasteiger partial charge on any atom is -0.385 e. The summed E-state index contributed by atoms with van der Waals surface area (Å²) < 4.78 is 0. The van der Waals surface area contributed by atoms with Crippen LogP contribution in [0.5, 0.6) is 0 Å². The van der Waals surface area contributed by atoms with E-state index in [1.54, 1.807) is 16.7 Å². The highest BCUT2D eigenvalue weighted by Gasteiger charge is 2.51. The van der Waals surface area contributed by atoms with Gasteiger partial charge in [-0.3, -0.25) is 4.79 Å². The Hall–Kier alpha value is -1.59. The van der Waals surface area contributed by atoms with E-state index in [4.69, 9.17) is 5.73 Å². The summed E-state index contributed by atoms with van der Waals surface area (Å²) in [7, 11) is 0. The monoisotopic (exact) mass is 252 g/mol. The third-order valence-corrected chi connectivity index (χ3v) is 3.91. The molecule has 2 aliphatic heterocycles. The Labute approximate surface area is 107 Å². The third-order valence-electron chi connectivity index (χ3n) is 3.91. The number of carbonyl (C=O) groups is 2. The lowest BCUT2D eigenvalue weighted by Crippen LogP contribution is -2.61. The van der Waals surface area contributed by atoms with E-state index < -0.39 is 5.54 Å². The van der Waals surface area contributed by atoms with Crippen molar-refractivity contribution in [2.75, 3.05) is 13.1 Å². The fourth-order valence-corrected chi connectivity index (χ4v) is 2.97. The predicted molar refractivity (Wildman–Crippen MR) is 68.2 cm³/mol. The SMILES string of the molecule is CC(=O)N1CCC2(CC1)C(N)=NC(=O)N2C(C)C. The molecule has 0 aromatic heterocycles. The molecule has 6 heteroatoms. The van der Waals surface area contributed by atoms with Crippen molar-refractivity contribution in [3.05, 3.63) is 0 Å². The van der Waals surface area contributed by atoms with Gasteiger partial charge in [0.05, 0.1) is 0 Å². The Morgan fingerprint density at radius 2 is 1.94 bits per heavy atom. The van der Waals surface area contributed by atoms with Crippen LogP contribution in [0.3, 0.4) is 0 Å². The van der Waals surface area contributed by atoms with E-state index in [2.05, 4.69) is 4.99 Å². The van der Waals surface area contributed by atoms with Crippen LogP contribution in [0.2, 0.25) is 0 Å². The number of hydrogen-bond donors (Lipinski definition) is 1. The second-order valence-electron chi connectivity index (χ2n) is 5.28. The molecule has 0 saturated carbocycles. The van der Waals surface area contributed by atoms with Crippen LogP contribution in [-0.2, 0) is 4.79 Å². The van der Waals surface area contributed by atoms with Gasteiger partial charge >= 0.3 is 6.03 Å². The zero-order chi connectivity index (χ0) is 13.5. The number of urea groups is 1. The standard InChI is InChI=1S/C12H20N4O2/c1-8(2)16-11(18)14-10(13)12(16)4-6-15(7-5-12)9(3)17/h8H,4-7H2,1-3H3,(H2,13,14,18). The number of hydrogen-bond acceptors (Lipinski definition) is 3. The number of carbonyl (C=O) groups excluding carboxylic acids is 2. The summed E-state index contributed by atoms with van der Waals surface area (Å²) in [6.07, 6.45) is 1.34. The lowest BCUT2D eigenvalue weighted by molar-refractivity contribution is -0.130. The van der Waals surface area contributed by atoms with Gasteiger partial charge in [0, 0.05) is 26.1 Å². The summed E-state index contributed by atoms with van der Waals surface area (Å²) in [6, 6.07) is -0.190. The van der Waals surface area contributed by atoms with Gasteiger partial charge in [-0.05, 0) is 26.7 Å². The molecule has 2 heterocycles. The molecule has 2 N–H and O–H groups in total. The average molecular weight is 252 g/mol. The van der Waals surface area contributed by atoms with Crippen LogP contribution >= 0.6 is 0 Å². The minimum atomic E-state index is -0.475. The summed E-state index contributed by atoms with van der Waals surface area (Å²) in [6.45, 7) is 6.75. The van der Waals surface area contributed by atoms with E-state index in [1.807, 2.05) is 13.8 Å². The largest absolute Gasteiger partial charge is 0.385 e. The quantitative estimate of drug-likeness (QED) is 0.741. The molecule has 0 aliphatic carbocycles. The normalized spacial score (nSPS) is 22.9. The molecular weight excluding hydrogens is 232 g/mol. The van der Waals surface area contributed by atoms with Crippen molar-refractivity contribution in [2.24, 2.45) is 10.7 Å². The Kier molecular flexibility index (Phi) is 3.04. The summed E-state index contributed by atoms with van der Waals surface area (Å²) >= 11 is 0. The van der Waals surface area contributed by atoms with Gasteiger partial charge in [-0.2, -0.15) is 4.99 Å². The summed E-state index contributed by atoms with van der Waals surface area (Å²) in [5, 5.41) is 0. The van der Waals surface area contributed by atoms with Gasteiger partial charge in [-0.1, -0.05) is 0 Å². The Bertz CT molecular complexity index is 408. The van der Waals surface area contributed by atoms with E-state index in [-0.39, 0.29) is 18.0 Å². The molecular formula is C12H20N4O2. The van der Waals surface area contributed by atoms with Crippen molar-refractivity contribution in [2.45, 2.75) is 45.2 Å². The highest BCUT2D eigenvalue weighted by molar-refractivity contribution is 6.06. The van der Waals surface area contributed by atoms with E-state index in [0.717, 1.165) is 0 Å². The van der Waals surface area contributed by atoms with Gasteiger partial charge in [0.15, 0.2) is 0 Å². The van der Waals surface area contributed by atoms with Crippen LogP contribution in [0.25, 0.3) is 0 Å². The fraction of sp³-hybridized carbons (Fsp3) is 0.750. The topological polar surface area (TPSA) is 79.0 Å². The van der Waals surface area contributed by atoms with Gasteiger partial charge in [0.1, 0.15) is 11.4 Å². The molecule has 0 aromatic rings. The second kappa shape index (κ2) is 4.26. The smallest absolute Gasteiger partial charge is 0.346 e. The van der Waals surface area contributed by atoms with Crippen LogP contribution in [0.1, 0.15) is 33.6 Å². The lowest BCUT2D eigenvalue weighted by atomic mass is 9.84. The summed E-state index contributed by atoms with van der Waals surface area (Å²) in [4.78, 5) is 30.7. The van der Waals surface area contributed by atoms with Crippen molar-refractivity contribution >= 4 is 17.8 Å². The predicted octanol–water partition coefficient (Wildman–Crippen LogP) is 0.569. The molecule has 0 radical (unpaired) electrons. The molecule has 3 amide bonds. The van der Waals surface area contributed by atoms with Crippen LogP contribution in [0.4, 0.5) is 4.79 Å². The first-order valence-electron chi connectivity index (χ1n) is 6.32. The third kappa shape index (κ3) is 1.76. The van der Waals surface area contributed by atoms with Crippen LogP contribution in [0, 0.1) is 0 Å². The van der Waals surface area contributed by atoms with E-state index >= 15 is 0 Å². The Morgan fingerprint density at radius 3 is 2.39 bits per heavy atom. The maximum absolute atomic E-state index is 11.9. The van der Waals surface area contributed by atoms with Crippen LogP contribution in [-0.4, -0.2) is 52.2 Å². The number of piperidine rings is 1. The average Bonchev–Trinajstić information content (AvgIpc) is 2.51. The zero-order valence-electron chi connectivity index (χ0n) is 11.1. The Balaban J connectivity index is 2.23. The van der Waals surface area contributed by atoms with Crippen molar-refractivity contribution in [1.29, 1.82) is 0 Å². The summed E-state index contributed by atoms with van der Waals surface area (Å²) in [5.41, 5.74) is 5.49. The molecule has 1 saturated heterocycles. The number of rotatable bonds is 1. The second-order valence-corrected chi connectivity index (χ2v) is 5.28. The number of amidine groups is 1. The molecule has 0 bridgehead atoms. The van der Waals surface area contributed by atoms with Gasteiger partial charge in [0.25, 0.3) is 0 Å². The first kappa shape index (κ1) is 12.9. The minimum absolute atomic E-state index is 0.0613. The molecule has 6 nitrogen and oxygen atoms in total. The lowest BCUT2D eigenvalue weighted by Gasteiger charge is -2.45.